The number of nitrogens with one attached hydrogen (secondary N) is 1. The Bertz CT molecular complexity index is 1380. The second-order valence-corrected chi connectivity index (χ2v) is 6.48. The quantitative estimate of drug-likeness (QED) is 0.195. The fourth-order valence-corrected chi connectivity index (χ4v) is 3.41. The predicted molar refractivity (Wildman–Crippen MR) is 111 cm³/mol. The average molecular weight is 366 g/mol. The first-order valence-corrected chi connectivity index (χ1v) is 8.79. The first-order chi connectivity index (χ1) is 13.7. The van der Waals surface area contributed by atoms with Gasteiger partial charge in [-0.15, -0.1) is 0 Å². The summed E-state index contributed by atoms with van der Waals surface area (Å²) >= 11 is 0. The molecule has 0 unspecified atom stereocenters. The molecule has 0 spiro atoms. The predicted octanol–water partition coefficient (Wildman–Crippen LogP) is 5.59. The van der Waals surface area contributed by atoms with Crippen molar-refractivity contribution >= 4 is 49.9 Å². The van der Waals surface area contributed by atoms with Crippen LogP contribution in [0.1, 0.15) is 0 Å². The van der Waals surface area contributed by atoms with Crippen LogP contribution in [-0.2, 0) is 0 Å². The zero-order chi connectivity index (χ0) is 19.1. The molecular formula is C22H14N4O2. The SMILES string of the molecule is O=[N+]([O-])c1cccc(Nc2cc3nc4ccccc4nc3c3ccccc23)c1. The van der Waals surface area contributed by atoms with Crippen LogP contribution in [-0.4, -0.2) is 14.9 Å². The van der Waals surface area contributed by atoms with E-state index in [2.05, 4.69) is 5.32 Å². The molecule has 0 saturated heterocycles. The lowest BCUT2D eigenvalue weighted by Gasteiger charge is -2.12. The number of nitro groups is 1. The molecule has 1 N–H and O–H groups in total. The van der Waals surface area contributed by atoms with Gasteiger partial charge in [0.05, 0.1) is 27.0 Å². The van der Waals surface area contributed by atoms with Crippen molar-refractivity contribution < 1.29 is 4.92 Å². The van der Waals surface area contributed by atoms with Crippen molar-refractivity contribution in [2.45, 2.75) is 0 Å². The van der Waals surface area contributed by atoms with Crippen molar-refractivity contribution in [3.8, 4) is 0 Å². The molecule has 0 aliphatic heterocycles. The molecule has 0 atom stereocenters. The van der Waals surface area contributed by atoms with E-state index in [1.54, 1.807) is 12.1 Å². The molecule has 1 aromatic heterocycles. The number of nitrogens with zero attached hydrogens (tertiary/aromatic N) is 3. The Hall–Kier alpha value is -4.06. The molecular weight excluding hydrogens is 352 g/mol. The van der Waals surface area contributed by atoms with Gasteiger partial charge in [0, 0.05) is 34.3 Å². The fraction of sp³-hybridized carbons (Fsp3) is 0. The Morgan fingerprint density at radius 2 is 1.46 bits per heavy atom. The van der Waals surface area contributed by atoms with Gasteiger partial charge in [-0.3, -0.25) is 10.1 Å². The first-order valence-electron chi connectivity index (χ1n) is 8.79. The summed E-state index contributed by atoms with van der Waals surface area (Å²) in [6.07, 6.45) is 0. The van der Waals surface area contributed by atoms with Crippen LogP contribution in [0, 0.1) is 10.1 Å². The molecule has 0 saturated carbocycles. The fourth-order valence-electron chi connectivity index (χ4n) is 3.41. The van der Waals surface area contributed by atoms with Crippen LogP contribution in [0.5, 0.6) is 0 Å². The van der Waals surface area contributed by atoms with Gasteiger partial charge in [-0.1, -0.05) is 42.5 Å². The largest absolute Gasteiger partial charge is 0.355 e. The Labute approximate surface area is 159 Å². The molecule has 0 aliphatic carbocycles. The number of anilines is 2. The van der Waals surface area contributed by atoms with Gasteiger partial charge in [0.2, 0.25) is 0 Å². The highest BCUT2D eigenvalue weighted by molar-refractivity contribution is 6.12. The number of non-ortho nitro benzene ring substituents is 1. The van der Waals surface area contributed by atoms with Crippen LogP contribution >= 0.6 is 0 Å². The van der Waals surface area contributed by atoms with Crippen molar-refractivity contribution in [3.63, 3.8) is 0 Å². The summed E-state index contributed by atoms with van der Waals surface area (Å²) in [4.78, 5) is 20.3. The van der Waals surface area contributed by atoms with Crippen LogP contribution in [0.3, 0.4) is 0 Å². The molecule has 5 rings (SSSR count). The van der Waals surface area contributed by atoms with Crippen LogP contribution in [0.2, 0.25) is 0 Å². The topological polar surface area (TPSA) is 81.0 Å². The molecule has 0 fully saturated rings. The third-order valence-electron chi connectivity index (χ3n) is 4.69. The summed E-state index contributed by atoms with van der Waals surface area (Å²) in [6.45, 7) is 0. The van der Waals surface area contributed by atoms with Gasteiger partial charge in [-0.25, -0.2) is 9.97 Å². The Kier molecular flexibility index (Phi) is 3.62. The molecule has 6 heteroatoms. The van der Waals surface area contributed by atoms with Crippen molar-refractivity contribution in [2.24, 2.45) is 0 Å². The van der Waals surface area contributed by atoms with Crippen LogP contribution in [0.25, 0.3) is 32.8 Å². The second-order valence-electron chi connectivity index (χ2n) is 6.48. The molecule has 0 aliphatic rings. The molecule has 134 valence electrons. The van der Waals surface area contributed by atoms with Gasteiger partial charge >= 0.3 is 0 Å². The molecule has 4 aromatic carbocycles. The van der Waals surface area contributed by atoms with E-state index < -0.39 is 4.92 Å². The number of fused-ring (bicyclic) bond motifs is 4. The summed E-state index contributed by atoms with van der Waals surface area (Å²) in [5, 5.41) is 16.3. The lowest BCUT2D eigenvalue weighted by molar-refractivity contribution is -0.384. The minimum Gasteiger partial charge on any atom is -0.355 e. The van der Waals surface area contributed by atoms with E-state index in [1.807, 2.05) is 54.6 Å². The number of rotatable bonds is 3. The Balaban J connectivity index is 1.74. The van der Waals surface area contributed by atoms with E-state index >= 15 is 0 Å². The third kappa shape index (κ3) is 2.68. The zero-order valence-electron chi connectivity index (χ0n) is 14.7. The highest BCUT2D eigenvalue weighted by Gasteiger charge is 2.12. The second kappa shape index (κ2) is 6.28. The van der Waals surface area contributed by atoms with E-state index in [0.717, 1.165) is 38.5 Å². The van der Waals surface area contributed by atoms with Gasteiger partial charge in [-0.05, 0) is 24.3 Å². The molecule has 0 bridgehead atoms. The van der Waals surface area contributed by atoms with Crippen molar-refractivity contribution in [3.05, 3.63) is 89.0 Å². The Morgan fingerprint density at radius 3 is 2.25 bits per heavy atom. The number of hydrogen-bond acceptors (Lipinski definition) is 5. The molecule has 6 nitrogen and oxygen atoms in total. The van der Waals surface area contributed by atoms with Crippen molar-refractivity contribution in [1.29, 1.82) is 0 Å². The van der Waals surface area contributed by atoms with E-state index in [9.17, 15) is 10.1 Å². The summed E-state index contributed by atoms with van der Waals surface area (Å²) < 4.78 is 0. The zero-order valence-corrected chi connectivity index (χ0v) is 14.7. The maximum absolute atomic E-state index is 11.1. The van der Waals surface area contributed by atoms with Crippen molar-refractivity contribution in [1.82, 2.24) is 9.97 Å². The molecule has 5 aromatic rings. The van der Waals surface area contributed by atoms with Gasteiger partial charge in [0.1, 0.15) is 0 Å². The monoisotopic (exact) mass is 366 g/mol. The van der Waals surface area contributed by atoms with Crippen LogP contribution in [0.15, 0.2) is 78.9 Å². The normalized spacial score (nSPS) is 11.1. The van der Waals surface area contributed by atoms with E-state index in [4.69, 9.17) is 9.97 Å². The van der Waals surface area contributed by atoms with E-state index in [-0.39, 0.29) is 5.69 Å². The summed E-state index contributed by atoms with van der Waals surface area (Å²) in [6, 6.07) is 24.1. The standard InChI is InChI=1S/C22H14N4O2/c27-26(28)15-7-5-6-14(12-15)23-20-13-21-22(17-9-2-1-8-16(17)20)25-19-11-4-3-10-18(19)24-21/h1-13,23H. The third-order valence-corrected chi connectivity index (χ3v) is 4.69. The first kappa shape index (κ1) is 16.1. The highest BCUT2D eigenvalue weighted by Crippen LogP contribution is 2.33. The number of benzene rings is 4. The molecule has 1 heterocycles. The molecule has 28 heavy (non-hydrogen) atoms. The number of nitro benzene ring substituents is 1. The minimum atomic E-state index is -0.401. The smallest absolute Gasteiger partial charge is 0.271 e. The maximum atomic E-state index is 11.1. The van der Waals surface area contributed by atoms with Gasteiger partial charge in [0.15, 0.2) is 0 Å². The number of aromatic nitrogens is 2. The number of hydrogen-bond donors (Lipinski definition) is 1. The summed E-state index contributed by atoms with van der Waals surface area (Å²) in [5.74, 6) is 0. The molecule has 0 amide bonds. The Morgan fingerprint density at radius 1 is 0.750 bits per heavy atom. The van der Waals surface area contributed by atoms with Crippen LogP contribution in [0.4, 0.5) is 17.1 Å². The molecule has 0 radical (unpaired) electrons. The lowest BCUT2D eigenvalue weighted by atomic mass is 10.1. The van der Waals surface area contributed by atoms with E-state index in [0.29, 0.717) is 5.69 Å². The van der Waals surface area contributed by atoms with Gasteiger partial charge in [0.25, 0.3) is 5.69 Å². The lowest BCUT2D eigenvalue weighted by Crippen LogP contribution is -1.96. The summed E-state index contributed by atoms with van der Waals surface area (Å²) in [5.41, 5.74) is 4.79. The van der Waals surface area contributed by atoms with E-state index in [1.165, 1.54) is 12.1 Å². The van der Waals surface area contributed by atoms with Gasteiger partial charge < -0.3 is 5.32 Å². The van der Waals surface area contributed by atoms with Gasteiger partial charge in [-0.2, -0.15) is 0 Å². The summed E-state index contributed by atoms with van der Waals surface area (Å²) in [7, 11) is 0. The highest BCUT2D eigenvalue weighted by atomic mass is 16.6. The maximum Gasteiger partial charge on any atom is 0.271 e. The number of para-hydroxylation sites is 2. The van der Waals surface area contributed by atoms with Crippen LogP contribution < -0.4 is 5.32 Å². The van der Waals surface area contributed by atoms with Crippen molar-refractivity contribution in [2.75, 3.05) is 5.32 Å². The average Bonchev–Trinajstić information content (AvgIpc) is 2.73. The minimum absolute atomic E-state index is 0.0425.